The molecular weight excluding hydrogens is 310 g/mol. The normalized spacial score (nSPS) is 25.2. The Morgan fingerprint density at radius 3 is 2.60 bits per heavy atom. The summed E-state index contributed by atoms with van der Waals surface area (Å²) in [7, 11) is 0. The van der Waals surface area contributed by atoms with Crippen LogP contribution in [0.25, 0.3) is 0 Å². The molecule has 1 saturated carbocycles. The van der Waals surface area contributed by atoms with Crippen molar-refractivity contribution < 1.29 is 0 Å². The number of nitrogens with one attached hydrogen (secondary N) is 1. The van der Waals surface area contributed by atoms with E-state index in [9.17, 15) is 0 Å². The maximum atomic E-state index is 3.94. The molecule has 0 bridgehead atoms. The first-order valence-electron chi connectivity index (χ1n) is 8.28. The van der Waals surface area contributed by atoms with Gasteiger partial charge in [-0.3, -0.25) is 0 Å². The van der Waals surface area contributed by atoms with Crippen LogP contribution in [0.5, 0.6) is 0 Å². The summed E-state index contributed by atoms with van der Waals surface area (Å²) in [4.78, 5) is 0. The maximum Gasteiger partial charge on any atom is 0.0328 e. The van der Waals surface area contributed by atoms with E-state index in [0.29, 0.717) is 12.1 Å². The summed E-state index contributed by atoms with van der Waals surface area (Å²) >= 11 is 3.59. The van der Waals surface area contributed by atoms with E-state index in [2.05, 4.69) is 46.4 Å². The largest absolute Gasteiger partial charge is 0.307 e. The van der Waals surface area contributed by atoms with Gasteiger partial charge in [0.15, 0.2) is 0 Å². The van der Waals surface area contributed by atoms with Gasteiger partial charge >= 0.3 is 0 Å². The van der Waals surface area contributed by atoms with Gasteiger partial charge in [0.1, 0.15) is 0 Å². The number of halogens is 1. The fourth-order valence-corrected chi connectivity index (χ4v) is 4.43. The zero-order chi connectivity index (χ0) is 13.9. The minimum absolute atomic E-state index is 0.580. The van der Waals surface area contributed by atoms with Crippen molar-refractivity contribution in [2.75, 3.05) is 0 Å². The first-order chi connectivity index (χ1) is 9.74. The van der Waals surface area contributed by atoms with Gasteiger partial charge in [-0.15, -0.1) is 0 Å². The molecule has 0 radical (unpaired) electrons. The zero-order valence-corrected chi connectivity index (χ0v) is 14.1. The number of benzene rings is 1. The molecule has 2 heteroatoms. The Hall–Kier alpha value is -0.340. The minimum Gasteiger partial charge on any atom is -0.307 e. The highest BCUT2D eigenvalue weighted by atomic mass is 79.9. The van der Waals surface area contributed by atoms with Crippen LogP contribution in [0.4, 0.5) is 0 Å². The van der Waals surface area contributed by atoms with Crippen LogP contribution in [0, 0.1) is 5.92 Å². The quantitative estimate of drug-likeness (QED) is 0.730. The van der Waals surface area contributed by atoms with E-state index in [-0.39, 0.29) is 0 Å². The molecule has 1 fully saturated rings. The van der Waals surface area contributed by atoms with Crippen LogP contribution >= 0.6 is 15.9 Å². The summed E-state index contributed by atoms with van der Waals surface area (Å²) in [6.07, 6.45) is 11.1. The van der Waals surface area contributed by atoms with E-state index in [1.54, 1.807) is 0 Å². The third-order valence-electron chi connectivity index (χ3n) is 5.25. The maximum absolute atomic E-state index is 3.94. The molecule has 0 spiro atoms. The second-order valence-corrected chi connectivity index (χ2v) is 7.56. The van der Waals surface area contributed by atoms with E-state index < -0.39 is 0 Å². The van der Waals surface area contributed by atoms with E-state index in [1.165, 1.54) is 67.0 Å². The zero-order valence-electron chi connectivity index (χ0n) is 12.5. The van der Waals surface area contributed by atoms with Crippen molar-refractivity contribution in [3.63, 3.8) is 0 Å². The molecule has 1 aromatic rings. The minimum atomic E-state index is 0.580. The van der Waals surface area contributed by atoms with E-state index in [0.717, 1.165) is 5.92 Å². The van der Waals surface area contributed by atoms with Gasteiger partial charge in [0.05, 0.1) is 0 Å². The van der Waals surface area contributed by atoms with Gasteiger partial charge < -0.3 is 5.32 Å². The van der Waals surface area contributed by atoms with Crippen molar-refractivity contribution in [1.29, 1.82) is 0 Å². The van der Waals surface area contributed by atoms with Gasteiger partial charge in [-0.05, 0) is 61.8 Å². The third kappa shape index (κ3) is 3.28. The number of hydrogen-bond donors (Lipinski definition) is 1. The summed E-state index contributed by atoms with van der Waals surface area (Å²) in [5.41, 5.74) is 3.07. The average molecular weight is 336 g/mol. The number of hydrogen-bond acceptors (Lipinski definition) is 1. The van der Waals surface area contributed by atoms with Crippen LogP contribution in [-0.2, 0) is 6.42 Å². The van der Waals surface area contributed by atoms with Crippen molar-refractivity contribution >= 4 is 15.9 Å². The predicted octanol–water partition coefficient (Wildman–Crippen LogP) is 5.38. The van der Waals surface area contributed by atoms with Gasteiger partial charge in [0.2, 0.25) is 0 Å². The molecule has 1 aromatic carbocycles. The van der Waals surface area contributed by atoms with E-state index in [4.69, 9.17) is 0 Å². The molecule has 0 saturated heterocycles. The molecule has 1 nitrogen and oxygen atoms in total. The first kappa shape index (κ1) is 14.6. The molecule has 2 aliphatic rings. The lowest BCUT2D eigenvalue weighted by atomic mass is 9.92. The fourth-order valence-electron chi connectivity index (χ4n) is 4.02. The Morgan fingerprint density at radius 2 is 1.85 bits per heavy atom. The molecule has 0 aromatic heterocycles. The number of fused-ring (bicyclic) bond motifs is 1. The number of rotatable bonds is 3. The van der Waals surface area contributed by atoms with Crippen molar-refractivity contribution in [3.8, 4) is 0 Å². The van der Waals surface area contributed by atoms with Crippen LogP contribution in [0.15, 0.2) is 22.7 Å². The highest BCUT2D eigenvalue weighted by molar-refractivity contribution is 9.10. The SMILES string of the molecule is C[C@@H](NC1CCc2cc(Br)ccc21)C1CCCCCC1. The molecule has 0 amide bonds. The number of aryl methyl sites for hydroxylation is 1. The Morgan fingerprint density at radius 1 is 1.10 bits per heavy atom. The summed E-state index contributed by atoms with van der Waals surface area (Å²) in [6, 6.07) is 8.04. The van der Waals surface area contributed by atoms with Gasteiger partial charge in [-0.1, -0.05) is 47.7 Å². The monoisotopic (exact) mass is 335 g/mol. The first-order valence-corrected chi connectivity index (χ1v) is 9.08. The lowest BCUT2D eigenvalue weighted by Gasteiger charge is -2.27. The third-order valence-corrected chi connectivity index (χ3v) is 5.75. The van der Waals surface area contributed by atoms with Gasteiger partial charge in [-0.2, -0.15) is 0 Å². The molecule has 3 rings (SSSR count). The smallest absolute Gasteiger partial charge is 0.0328 e. The van der Waals surface area contributed by atoms with Crippen LogP contribution in [0.1, 0.15) is 69.0 Å². The van der Waals surface area contributed by atoms with Crippen LogP contribution < -0.4 is 5.32 Å². The topological polar surface area (TPSA) is 12.0 Å². The molecule has 2 aliphatic carbocycles. The van der Waals surface area contributed by atoms with Gasteiger partial charge in [0, 0.05) is 16.6 Å². The summed E-state index contributed by atoms with van der Waals surface area (Å²) in [6.45, 7) is 2.41. The van der Waals surface area contributed by atoms with Gasteiger partial charge in [0.25, 0.3) is 0 Å². The summed E-state index contributed by atoms with van der Waals surface area (Å²) in [5, 5.41) is 3.94. The van der Waals surface area contributed by atoms with Crippen molar-refractivity contribution in [2.45, 2.75) is 70.4 Å². The van der Waals surface area contributed by atoms with Crippen LogP contribution in [0.3, 0.4) is 0 Å². The van der Waals surface area contributed by atoms with Crippen molar-refractivity contribution in [3.05, 3.63) is 33.8 Å². The summed E-state index contributed by atoms with van der Waals surface area (Å²) in [5.74, 6) is 0.886. The Labute approximate surface area is 131 Å². The molecule has 20 heavy (non-hydrogen) atoms. The fraction of sp³-hybridized carbons (Fsp3) is 0.667. The Balaban J connectivity index is 1.64. The Kier molecular flexibility index (Phi) is 4.83. The standard InChI is InChI=1S/C18H26BrN/c1-13(14-6-4-2-3-5-7-14)20-18-11-8-15-12-16(19)9-10-17(15)18/h9-10,12-14,18,20H,2-8,11H2,1H3/t13-,18?/m1/s1. The Bertz CT molecular complexity index is 449. The van der Waals surface area contributed by atoms with Crippen LogP contribution in [-0.4, -0.2) is 6.04 Å². The molecule has 110 valence electrons. The predicted molar refractivity (Wildman–Crippen MR) is 89.0 cm³/mol. The lowest BCUT2D eigenvalue weighted by Crippen LogP contribution is -2.35. The van der Waals surface area contributed by atoms with E-state index >= 15 is 0 Å². The highest BCUT2D eigenvalue weighted by Gasteiger charge is 2.26. The van der Waals surface area contributed by atoms with E-state index in [1.807, 2.05) is 0 Å². The molecular formula is C18H26BrN. The second kappa shape index (κ2) is 6.62. The van der Waals surface area contributed by atoms with Crippen LogP contribution in [0.2, 0.25) is 0 Å². The van der Waals surface area contributed by atoms with Crippen molar-refractivity contribution in [1.82, 2.24) is 5.32 Å². The van der Waals surface area contributed by atoms with Gasteiger partial charge in [-0.25, -0.2) is 0 Å². The average Bonchev–Trinajstić information content (AvgIpc) is 2.66. The molecule has 1 N–H and O–H groups in total. The molecule has 2 atom stereocenters. The molecule has 0 heterocycles. The van der Waals surface area contributed by atoms with Crippen molar-refractivity contribution in [2.24, 2.45) is 5.92 Å². The molecule has 1 unspecified atom stereocenters. The second-order valence-electron chi connectivity index (χ2n) is 6.64. The highest BCUT2D eigenvalue weighted by Crippen LogP contribution is 2.34. The summed E-state index contributed by atoms with van der Waals surface area (Å²) < 4.78 is 1.22. The lowest BCUT2D eigenvalue weighted by molar-refractivity contribution is 0.309. The molecule has 0 aliphatic heterocycles.